The third-order valence-corrected chi connectivity index (χ3v) is 5.86. The molecule has 2 atom stereocenters. The molecule has 1 aromatic heterocycles. The van der Waals surface area contributed by atoms with Crippen molar-refractivity contribution in [2.45, 2.75) is 18.6 Å². The predicted octanol–water partition coefficient (Wildman–Crippen LogP) is 6.01. The van der Waals surface area contributed by atoms with Crippen LogP contribution in [0, 0.1) is 0 Å². The van der Waals surface area contributed by atoms with Crippen LogP contribution in [0.2, 0.25) is 5.02 Å². The van der Waals surface area contributed by atoms with E-state index >= 15 is 0 Å². The van der Waals surface area contributed by atoms with Gasteiger partial charge in [-0.05, 0) is 46.7 Å². The van der Waals surface area contributed by atoms with Gasteiger partial charge in [-0.2, -0.15) is 0 Å². The summed E-state index contributed by atoms with van der Waals surface area (Å²) in [5, 5.41) is 2.89. The van der Waals surface area contributed by atoms with Crippen LogP contribution in [0.1, 0.15) is 35.4 Å². The Kier molecular flexibility index (Phi) is 4.81. The van der Waals surface area contributed by atoms with Gasteiger partial charge in [0, 0.05) is 16.8 Å². The van der Waals surface area contributed by atoms with Crippen LogP contribution in [0.15, 0.2) is 79.0 Å². The second-order valence-corrected chi connectivity index (χ2v) is 7.80. The van der Waals surface area contributed by atoms with Crippen molar-refractivity contribution >= 4 is 28.3 Å². The number of aromatic nitrogens is 1. The zero-order valence-corrected chi connectivity index (χ0v) is 17.2. The molecule has 5 rings (SSSR count). The Hall–Kier alpha value is -3.08. The number of carbonyl (C=O) groups is 1. The molecule has 2 heterocycles. The van der Waals surface area contributed by atoms with Crippen molar-refractivity contribution < 1.29 is 14.3 Å². The van der Waals surface area contributed by atoms with Crippen LogP contribution < -0.4 is 0 Å². The van der Waals surface area contributed by atoms with Gasteiger partial charge in [0.05, 0.1) is 24.9 Å². The zero-order chi connectivity index (χ0) is 20.7. The lowest BCUT2D eigenvalue weighted by molar-refractivity contribution is -0.145. The van der Waals surface area contributed by atoms with E-state index in [0.717, 1.165) is 33.3 Å². The van der Waals surface area contributed by atoms with Crippen molar-refractivity contribution in [1.29, 1.82) is 0 Å². The first kappa shape index (κ1) is 18.9. The molecular weight excluding hydrogens is 398 g/mol. The summed E-state index contributed by atoms with van der Waals surface area (Å²) in [6.07, 6.45) is 1.27. The summed E-state index contributed by atoms with van der Waals surface area (Å²) in [5.41, 5.74) is 3.90. The molecule has 1 aliphatic rings. The second-order valence-electron chi connectivity index (χ2n) is 7.36. The minimum atomic E-state index is -0.456. The van der Waals surface area contributed by atoms with Crippen LogP contribution in [-0.4, -0.2) is 17.6 Å². The molecule has 4 nitrogen and oxygen atoms in total. The fraction of sp³-hybridized carbons (Fsp3) is 0.160. The molecule has 0 amide bonds. The van der Waals surface area contributed by atoms with E-state index < -0.39 is 6.10 Å². The van der Waals surface area contributed by atoms with E-state index in [2.05, 4.69) is 28.8 Å². The SMILES string of the molecule is COC(=O)CC1OC(c2cccc3ccccc23)c2cc(Cl)ccc2-n2cccc21. The number of esters is 1. The number of carbonyl (C=O) groups excluding carboxylic acids is 1. The van der Waals surface area contributed by atoms with Crippen LogP contribution in [-0.2, 0) is 14.3 Å². The van der Waals surface area contributed by atoms with E-state index in [1.807, 2.05) is 54.7 Å². The van der Waals surface area contributed by atoms with Gasteiger partial charge >= 0.3 is 5.97 Å². The third-order valence-electron chi connectivity index (χ3n) is 5.63. The Balaban J connectivity index is 1.75. The Morgan fingerprint density at radius 1 is 1.03 bits per heavy atom. The van der Waals surface area contributed by atoms with Crippen molar-refractivity contribution in [2.75, 3.05) is 7.11 Å². The van der Waals surface area contributed by atoms with E-state index in [-0.39, 0.29) is 18.5 Å². The van der Waals surface area contributed by atoms with Gasteiger partial charge in [-0.1, -0.05) is 54.1 Å². The molecule has 0 radical (unpaired) electrons. The first-order valence-electron chi connectivity index (χ1n) is 9.82. The summed E-state index contributed by atoms with van der Waals surface area (Å²) in [6, 6.07) is 24.2. The van der Waals surface area contributed by atoms with E-state index in [9.17, 15) is 4.79 Å². The summed E-state index contributed by atoms with van der Waals surface area (Å²) >= 11 is 6.41. The lowest BCUT2D eigenvalue weighted by Crippen LogP contribution is -2.15. The highest BCUT2D eigenvalue weighted by atomic mass is 35.5. The van der Waals surface area contributed by atoms with Crippen LogP contribution in [0.5, 0.6) is 0 Å². The molecule has 0 spiro atoms. The highest BCUT2D eigenvalue weighted by molar-refractivity contribution is 6.30. The van der Waals surface area contributed by atoms with E-state index in [1.54, 1.807) is 0 Å². The maximum atomic E-state index is 12.2. The van der Waals surface area contributed by atoms with Crippen molar-refractivity contribution in [1.82, 2.24) is 4.57 Å². The Bertz CT molecular complexity index is 1240. The van der Waals surface area contributed by atoms with Crippen molar-refractivity contribution in [3.8, 4) is 5.69 Å². The van der Waals surface area contributed by atoms with E-state index in [4.69, 9.17) is 21.1 Å². The molecule has 0 fully saturated rings. The number of halogens is 1. The van der Waals surface area contributed by atoms with Gasteiger partial charge < -0.3 is 14.0 Å². The van der Waals surface area contributed by atoms with Crippen LogP contribution in [0.3, 0.4) is 0 Å². The fourth-order valence-corrected chi connectivity index (χ4v) is 4.43. The van der Waals surface area contributed by atoms with Gasteiger partial charge in [0.2, 0.25) is 0 Å². The average Bonchev–Trinajstić information content (AvgIpc) is 3.21. The highest BCUT2D eigenvalue weighted by Crippen LogP contribution is 2.43. The maximum absolute atomic E-state index is 12.2. The van der Waals surface area contributed by atoms with Crippen molar-refractivity contribution in [2.24, 2.45) is 0 Å². The van der Waals surface area contributed by atoms with Gasteiger partial charge in [-0.3, -0.25) is 4.79 Å². The largest absolute Gasteiger partial charge is 0.469 e. The number of benzene rings is 3. The number of rotatable bonds is 3. The summed E-state index contributed by atoms with van der Waals surface area (Å²) in [4.78, 5) is 12.2. The molecule has 3 aromatic carbocycles. The Morgan fingerprint density at radius 2 is 1.87 bits per heavy atom. The van der Waals surface area contributed by atoms with E-state index in [1.165, 1.54) is 7.11 Å². The smallest absolute Gasteiger partial charge is 0.308 e. The Labute approximate surface area is 179 Å². The standard InChI is InChI=1S/C25H20ClNO3/c1-29-24(28)15-23-22-10-5-13-27(22)21-12-11-17(26)14-20(21)25(30-23)19-9-4-7-16-6-2-3-8-18(16)19/h2-14,23,25H,15H2,1H3. The first-order chi connectivity index (χ1) is 14.7. The third kappa shape index (κ3) is 3.18. The van der Waals surface area contributed by atoms with Crippen LogP contribution >= 0.6 is 11.6 Å². The molecule has 0 N–H and O–H groups in total. The highest BCUT2D eigenvalue weighted by Gasteiger charge is 2.32. The molecule has 0 bridgehead atoms. The quantitative estimate of drug-likeness (QED) is 0.383. The molecule has 0 aliphatic carbocycles. The lowest BCUT2D eigenvalue weighted by atomic mass is 9.94. The number of nitrogens with zero attached hydrogens (tertiary/aromatic N) is 1. The second kappa shape index (κ2) is 7.63. The van der Waals surface area contributed by atoms with Crippen molar-refractivity contribution in [3.05, 3.63) is 101 Å². The molecule has 1 aliphatic heterocycles. The fourth-order valence-electron chi connectivity index (χ4n) is 4.25. The molecule has 30 heavy (non-hydrogen) atoms. The molecule has 0 saturated heterocycles. The predicted molar refractivity (Wildman–Crippen MR) is 117 cm³/mol. The topological polar surface area (TPSA) is 40.5 Å². The first-order valence-corrected chi connectivity index (χ1v) is 10.2. The maximum Gasteiger partial charge on any atom is 0.308 e. The molecule has 150 valence electrons. The van der Waals surface area contributed by atoms with Crippen LogP contribution in [0.4, 0.5) is 0 Å². The summed E-state index contributed by atoms with van der Waals surface area (Å²) in [7, 11) is 1.40. The van der Waals surface area contributed by atoms with Gasteiger partial charge in [0.15, 0.2) is 0 Å². The molecule has 0 saturated carbocycles. The van der Waals surface area contributed by atoms with Gasteiger partial charge in [0.25, 0.3) is 0 Å². The monoisotopic (exact) mass is 417 g/mol. The van der Waals surface area contributed by atoms with Crippen molar-refractivity contribution in [3.63, 3.8) is 0 Å². The molecule has 2 unspecified atom stereocenters. The summed E-state index contributed by atoms with van der Waals surface area (Å²) in [6.45, 7) is 0. The number of hydrogen-bond acceptors (Lipinski definition) is 3. The average molecular weight is 418 g/mol. The van der Waals surface area contributed by atoms with Crippen LogP contribution in [0.25, 0.3) is 16.5 Å². The zero-order valence-electron chi connectivity index (χ0n) is 16.4. The van der Waals surface area contributed by atoms with Gasteiger partial charge in [-0.15, -0.1) is 0 Å². The van der Waals surface area contributed by atoms with E-state index in [0.29, 0.717) is 5.02 Å². The van der Waals surface area contributed by atoms with Gasteiger partial charge in [-0.25, -0.2) is 0 Å². The number of hydrogen-bond donors (Lipinski definition) is 0. The normalized spacial score (nSPS) is 17.8. The summed E-state index contributed by atoms with van der Waals surface area (Å²) < 4.78 is 13.7. The number of ether oxygens (including phenoxy) is 2. The Morgan fingerprint density at radius 3 is 2.73 bits per heavy atom. The molecule has 5 heteroatoms. The summed E-state index contributed by atoms with van der Waals surface area (Å²) in [5.74, 6) is -0.312. The lowest BCUT2D eigenvalue weighted by Gasteiger charge is -2.24. The van der Waals surface area contributed by atoms with Gasteiger partial charge in [0.1, 0.15) is 12.2 Å². The minimum absolute atomic E-state index is 0.128. The number of methoxy groups -OCH3 is 1. The number of fused-ring (bicyclic) bond motifs is 4. The molecule has 4 aromatic rings. The minimum Gasteiger partial charge on any atom is -0.469 e. The molecular formula is C25H20ClNO3.